The molecule has 1 aromatic rings. The second-order valence-electron chi connectivity index (χ2n) is 3.97. The van der Waals surface area contributed by atoms with Crippen molar-refractivity contribution in [2.24, 2.45) is 0 Å². The molecule has 0 aliphatic carbocycles. The van der Waals surface area contributed by atoms with E-state index in [0.717, 1.165) is 11.6 Å². The molecule has 2 rings (SSSR count). The molecule has 3 heteroatoms. The van der Waals surface area contributed by atoms with Crippen LogP contribution in [-0.4, -0.2) is 6.54 Å². The van der Waals surface area contributed by atoms with Gasteiger partial charge in [0.05, 0.1) is 0 Å². The van der Waals surface area contributed by atoms with Gasteiger partial charge in [0.1, 0.15) is 0 Å². The summed E-state index contributed by atoms with van der Waals surface area (Å²) in [6.45, 7) is 3.26. The van der Waals surface area contributed by atoms with Crippen LogP contribution in [0.5, 0.6) is 0 Å². The lowest BCUT2D eigenvalue weighted by molar-refractivity contribution is 0.411. The van der Waals surface area contributed by atoms with Crippen molar-refractivity contribution in [2.75, 3.05) is 6.54 Å². The zero-order valence-corrected chi connectivity index (χ0v) is 10.5. The van der Waals surface area contributed by atoms with E-state index in [9.17, 15) is 0 Å². The lowest BCUT2D eigenvalue weighted by atomic mass is 9.94. The van der Waals surface area contributed by atoms with Gasteiger partial charge in [0.2, 0.25) is 0 Å². The topological polar surface area (TPSA) is 12.0 Å². The van der Waals surface area contributed by atoms with E-state index in [4.69, 9.17) is 11.6 Å². The maximum Gasteiger partial charge on any atom is 0.0456 e. The monoisotopic (exact) mass is 245 g/mol. The highest BCUT2D eigenvalue weighted by Crippen LogP contribution is 2.31. The number of hydrogen-bond donors (Lipinski definition) is 1. The third-order valence-electron chi connectivity index (χ3n) is 2.93. The minimum atomic E-state index is 0. The third kappa shape index (κ3) is 2.87. The average Bonchev–Trinajstić information content (AvgIpc) is 2.19. The second-order valence-corrected chi connectivity index (χ2v) is 4.38. The molecule has 1 aliphatic rings. The van der Waals surface area contributed by atoms with Gasteiger partial charge in [-0.2, -0.15) is 0 Å². The van der Waals surface area contributed by atoms with Gasteiger partial charge in [-0.3, -0.25) is 0 Å². The van der Waals surface area contributed by atoms with Crippen LogP contribution in [0, 0.1) is 6.92 Å². The lowest BCUT2D eigenvalue weighted by Crippen LogP contribution is -2.27. The molecule has 0 unspecified atom stereocenters. The normalized spacial score (nSPS) is 20.8. The predicted octanol–water partition coefficient (Wildman–Crippen LogP) is 3.88. The fourth-order valence-electron chi connectivity index (χ4n) is 2.18. The fourth-order valence-corrected chi connectivity index (χ4v) is 2.54. The fraction of sp³-hybridized carbons (Fsp3) is 0.500. The molecule has 1 heterocycles. The molecule has 1 atom stereocenters. The van der Waals surface area contributed by atoms with E-state index < -0.39 is 0 Å². The van der Waals surface area contributed by atoms with E-state index in [1.807, 2.05) is 12.1 Å². The average molecular weight is 246 g/mol. The Morgan fingerprint density at radius 1 is 1.33 bits per heavy atom. The van der Waals surface area contributed by atoms with Crippen LogP contribution in [0.3, 0.4) is 0 Å². The van der Waals surface area contributed by atoms with Gasteiger partial charge in [-0.15, -0.1) is 12.4 Å². The first-order chi connectivity index (χ1) is 6.79. The zero-order valence-electron chi connectivity index (χ0n) is 8.92. The lowest BCUT2D eigenvalue weighted by Gasteiger charge is -2.26. The van der Waals surface area contributed by atoms with Gasteiger partial charge < -0.3 is 5.32 Å². The van der Waals surface area contributed by atoms with Crippen molar-refractivity contribution in [1.29, 1.82) is 0 Å². The van der Waals surface area contributed by atoms with Crippen molar-refractivity contribution in [3.05, 3.63) is 34.3 Å². The van der Waals surface area contributed by atoms with Crippen LogP contribution in [0.2, 0.25) is 5.02 Å². The molecule has 1 fully saturated rings. The smallest absolute Gasteiger partial charge is 0.0456 e. The highest BCUT2D eigenvalue weighted by Gasteiger charge is 2.18. The molecule has 0 amide bonds. The summed E-state index contributed by atoms with van der Waals surface area (Å²) in [4.78, 5) is 0. The molecule has 0 saturated carbocycles. The van der Waals surface area contributed by atoms with Gasteiger partial charge in [0.25, 0.3) is 0 Å². The van der Waals surface area contributed by atoms with Crippen LogP contribution in [0.15, 0.2) is 18.2 Å². The first kappa shape index (κ1) is 12.8. The SMILES string of the molecule is Cc1cccc(Cl)c1[C@@H]1CCCCN1.Cl. The van der Waals surface area contributed by atoms with Crippen molar-refractivity contribution >= 4 is 24.0 Å². The molecular weight excluding hydrogens is 229 g/mol. The molecule has 1 N–H and O–H groups in total. The maximum absolute atomic E-state index is 6.22. The van der Waals surface area contributed by atoms with Crippen molar-refractivity contribution < 1.29 is 0 Å². The Labute approximate surface area is 103 Å². The van der Waals surface area contributed by atoms with Crippen LogP contribution in [0.25, 0.3) is 0 Å². The minimum Gasteiger partial charge on any atom is -0.310 e. The molecule has 1 nitrogen and oxygen atoms in total. The summed E-state index contributed by atoms with van der Waals surface area (Å²) in [7, 11) is 0. The summed E-state index contributed by atoms with van der Waals surface area (Å²) in [5, 5.41) is 4.44. The van der Waals surface area contributed by atoms with E-state index in [-0.39, 0.29) is 12.4 Å². The number of rotatable bonds is 1. The first-order valence-electron chi connectivity index (χ1n) is 5.27. The molecule has 15 heavy (non-hydrogen) atoms. The number of hydrogen-bond acceptors (Lipinski definition) is 1. The van der Waals surface area contributed by atoms with Crippen LogP contribution in [0.1, 0.15) is 36.4 Å². The van der Waals surface area contributed by atoms with Gasteiger partial charge in [-0.05, 0) is 43.5 Å². The van der Waals surface area contributed by atoms with Crippen molar-refractivity contribution in [1.82, 2.24) is 5.32 Å². The van der Waals surface area contributed by atoms with Gasteiger partial charge in [0.15, 0.2) is 0 Å². The van der Waals surface area contributed by atoms with Crippen LogP contribution >= 0.6 is 24.0 Å². The highest BCUT2D eigenvalue weighted by molar-refractivity contribution is 6.31. The number of aryl methyl sites for hydroxylation is 1. The quantitative estimate of drug-likeness (QED) is 0.792. The summed E-state index contributed by atoms with van der Waals surface area (Å²) in [5.41, 5.74) is 2.60. The molecule has 84 valence electrons. The summed E-state index contributed by atoms with van der Waals surface area (Å²) in [6, 6.07) is 6.61. The van der Waals surface area contributed by atoms with E-state index in [0.29, 0.717) is 6.04 Å². The van der Waals surface area contributed by atoms with E-state index in [1.54, 1.807) is 0 Å². The van der Waals surface area contributed by atoms with E-state index in [2.05, 4.69) is 18.3 Å². The summed E-state index contributed by atoms with van der Waals surface area (Å²) >= 11 is 6.22. The molecule has 1 aliphatic heterocycles. The number of nitrogens with one attached hydrogen (secondary N) is 1. The number of piperidine rings is 1. The van der Waals surface area contributed by atoms with Crippen molar-refractivity contribution in [2.45, 2.75) is 32.2 Å². The molecule has 0 radical (unpaired) electrons. The zero-order chi connectivity index (χ0) is 9.97. The summed E-state index contributed by atoms with van der Waals surface area (Å²) in [5.74, 6) is 0. The van der Waals surface area contributed by atoms with Crippen molar-refractivity contribution in [3.63, 3.8) is 0 Å². The Morgan fingerprint density at radius 2 is 2.13 bits per heavy atom. The van der Waals surface area contributed by atoms with Gasteiger partial charge in [-0.1, -0.05) is 30.2 Å². The Kier molecular flexibility index (Phi) is 4.91. The summed E-state index contributed by atoms with van der Waals surface area (Å²) in [6.07, 6.45) is 3.81. The molecule has 0 aromatic heterocycles. The minimum absolute atomic E-state index is 0. The van der Waals surface area contributed by atoms with Crippen LogP contribution < -0.4 is 5.32 Å². The second kappa shape index (κ2) is 5.74. The number of benzene rings is 1. The maximum atomic E-state index is 6.22. The number of halogens is 2. The van der Waals surface area contributed by atoms with Gasteiger partial charge >= 0.3 is 0 Å². The summed E-state index contributed by atoms with van der Waals surface area (Å²) < 4.78 is 0. The Morgan fingerprint density at radius 3 is 2.73 bits per heavy atom. The highest BCUT2D eigenvalue weighted by atomic mass is 35.5. The van der Waals surface area contributed by atoms with Crippen LogP contribution in [0.4, 0.5) is 0 Å². The van der Waals surface area contributed by atoms with Crippen LogP contribution in [-0.2, 0) is 0 Å². The Hall–Kier alpha value is -0.240. The van der Waals surface area contributed by atoms with Gasteiger partial charge in [-0.25, -0.2) is 0 Å². The van der Waals surface area contributed by atoms with Gasteiger partial charge in [0, 0.05) is 11.1 Å². The third-order valence-corrected chi connectivity index (χ3v) is 3.26. The largest absolute Gasteiger partial charge is 0.310 e. The molecule has 0 bridgehead atoms. The Balaban J connectivity index is 0.00000112. The molecule has 1 aromatic carbocycles. The molecule has 0 spiro atoms. The van der Waals surface area contributed by atoms with E-state index in [1.165, 1.54) is 30.4 Å². The molecule has 1 saturated heterocycles. The van der Waals surface area contributed by atoms with Crippen molar-refractivity contribution in [3.8, 4) is 0 Å². The Bertz CT molecular complexity index is 299. The first-order valence-corrected chi connectivity index (χ1v) is 5.65. The molecular formula is C12H17Cl2N. The standard InChI is InChI=1S/C12H16ClN.ClH/c1-9-5-4-6-10(13)12(9)11-7-2-3-8-14-11;/h4-6,11,14H,2-3,7-8H2,1H3;1H/t11-;/m0./s1. The van der Waals surface area contributed by atoms with E-state index >= 15 is 0 Å². The predicted molar refractivity (Wildman–Crippen MR) is 68.0 cm³/mol.